The molecular weight excluding hydrogens is 697 g/mol. The zero-order valence-corrected chi connectivity index (χ0v) is 31.9. The van der Waals surface area contributed by atoms with Gasteiger partial charge in [0.2, 0.25) is 0 Å². The van der Waals surface area contributed by atoms with E-state index >= 15 is 0 Å². The van der Waals surface area contributed by atoms with Crippen LogP contribution in [-0.2, 0) is 0 Å². The maximum absolute atomic E-state index is 8.72. The van der Waals surface area contributed by atoms with Crippen LogP contribution in [0.15, 0.2) is 230 Å². The van der Waals surface area contributed by atoms with Crippen LogP contribution in [0, 0.1) is 0 Å². The van der Waals surface area contributed by atoms with Crippen molar-refractivity contribution in [3.8, 4) is 66.8 Å². The van der Waals surface area contributed by atoms with Crippen LogP contribution < -0.4 is 0 Å². The van der Waals surface area contributed by atoms with Gasteiger partial charge in [-0.1, -0.05) is 194 Å². The minimum absolute atomic E-state index is 0.498. The highest BCUT2D eigenvalue weighted by molar-refractivity contribution is 6.10. The topological polar surface area (TPSA) is 0 Å². The highest BCUT2D eigenvalue weighted by Gasteiger charge is 2.12. The van der Waals surface area contributed by atoms with E-state index in [1.54, 1.807) is 0 Å². The molecule has 58 heavy (non-hydrogen) atoms. The first-order valence-corrected chi connectivity index (χ1v) is 20.0. The summed E-state index contributed by atoms with van der Waals surface area (Å²) in [4.78, 5) is 0. The van der Waals surface area contributed by atoms with Crippen LogP contribution in [0.2, 0.25) is 0 Å². The highest BCUT2D eigenvalue weighted by Crippen LogP contribution is 2.38. The molecule has 0 radical (unpaired) electrons. The fourth-order valence-electron chi connectivity index (χ4n) is 8.66. The van der Waals surface area contributed by atoms with Crippen molar-refractivity contribution in [1.29, 1.82) is 0 Å². The van der Waals surface area contributed by atoms with Crippen molar-refractivity contribution in [3.05, 3.63) is 230 Å². The third-order valence-electron chi connectivity index (χ3n) is 11.8. The Balaban J connectivity index is 0.985. The van der Waals surface area contributed by atoms with Crippen molar-refractivity contribution in [2.75, 3.05) is 0 Å². The fraction of sp³-hybridized carbons (Fsp3) is 0. The molecule has 11 aromatic rings. The zero-order valence-electron chi connectivity index (χ0n) is 32.9. The quantitative estimate of drug-likeness (QED) is 0.149. The normalized spacial score (nSPS) is 11.7. The first kappa shape index (κ1) is 32.7. The molecule has 11 rings (SSSR count). The molecule has 270 valence electrons. The Hall–Kier alpha value is -7.54. The summed E-state index contributed by atoms with van der Waals surface area (Å²) in [5.74, 6) is 0. The van der Waals surface area contributed by atoms with Crippen LogP contribution in [0.1, 0.15) is 1.37 Å². The molecule has 0 aliphatic heterocycles. The molecule has 0 unspecified atom stereocenters. The smallest absolute Gasteiger partial charge is 0.0622 e. The van der Waals surface area contributed by atoms with E-state index in [0.29, 0.717) is 6.04 Å². The second kappa shape index (κ2) is 14.2. The molecule has 0 atom stereocenters. The molecule has 0 nitrogen and oxygen atoms in total. The molecule has 0 amide bonds. The molecule has 0 heterocycles. The van der Waals surface area contributed by atoms with E-state index in [-0.39, 0.29) is 0 Å². The van der Waals surface area contributed by atoms with Gasteiger partial charge in [-0.3, -0.25) is 0 Å². The van der Waals surface area contributed by atoms with Crippen molar-refractivity contribution in [2.24, 2.45) is 0 Å². The summed E-state index contributed by atoms with van der Waals surface area (Å²) < 4.78 is 8.72. The van der Waals surface area contributed by atoms with Crippen molar-refractivity contribution >= 4 is 43.1 Å². The van der Waals surface area contributed by atoms with Gasteiger partial charge in [0, 0.05) is 0 Å². The molecule has 0 saturated heterocycles. The molecule has 11 aromatic carbocycles. The lowest BCUT2D eigenvalue weighted by Crippen LogP contribution is -1.88. The van der Waals surface area contributed by atoms with Crippen LogP contribution in [-0.4, -0.2) is 0 Å². The summed E-state index contributed by atoms with van der Waals surface area (Å²) in [5.41, 5.74) is 13.7. The fourth-order valence-corrected chi connectivity index (χ4v) is 8.66. The second-order valence-electron chi connectivity index (χ2n) is 15.3. The Bertz CT molecular complexity index is 3220. The lowest BCUT2D eigenvalue weighted by Gasteiger charge is -2.14. The third kappa shape index (κ3) is 6.22. The Labute approximate surface area is 340 Å². The number of benzene rings is 11. The van der Waals surface area contributed by atoms with Gasteiger partial charge in [-0.15, -0.1) is 0 Å². The van der Waals surface area contributed by atoms with Crippen molar-refractivity contribution < 1.29 is 1.37 Å². The molecule has 0 saturated carbocycles. The van der Waals surface area contributed by atoms with E-state index in [9.17, 15) is 0 Å². The molecule has 0 spiro atoms. The summed E-state index contributed by atoms with van der Waals surface area (Å²) in [6.07, 6.45) is 0. The largest absolute Gasteiger partial charge is 0.0623 e. The van der Waals surface area contributed by atoms with E-state index in [0.717, 1.165) is 33.4 Å². The standard InChI is InChI=1S/C58H38/c1-2-9-39(10-3-1)40-17-19-41(20-18-40)46-13-8-14-47(33-46)42-21-23-43(24-22-42)52-36-53(48-29-31-57-50(34-48)27-25-44-11-4-6-15-55(44)57)38-54(37-52)49-30-32-58-51(35-49)28-26-45-12-5-7-16-56(45)58/h1-38H/i8D. The Morgan fingerprint density at radius 2 is 0.500 bits per heavy atom. The summed E-state index contributed by atoms with van der Waals surface area (Å²) in [6.45, 7) is 0. The van der Waals surface area contributed by atoms with Crippen LogP contribution >= 0.6 is 0 Å². The van der Waals surface area contributed by atoms with Crippen LogP contribution in [0.25, 0.3) is 110 Å². The Kier molecular flexibility index (Phi) is 8.00. The van der Waals surface area contributed by atoms with Crippen molar-refractivity contribution in [1.82, 2.24) is 0 Å². The maximum Gasteiger partial charge on any atom is 0.0623 e. The molecule has 0 aliphatic rings. The first-order chi connectivity index (χ1) is 29.1. The van der Waals surface area contributed by atoms with Crippen molar-refractivity contribution in [2.45, 2.75) is 0 Å². The van der Waals surface area contributed by atoms with Gasteiger partial charge in [-0.2, -0.15) is 0 Å². The van der Waals surface area contributed by atoms with E-state index in [1.165, 1.54) is 76.5 Å². The number of fused-ring (bicyclic) bond motifs is 6. The SMILES string of the molecule is [2H]c1cc(-c2ccc(-c3ccccc3)cc2)cc(-c2ccc(-c3cc(-c4ccc5c(ccc6ccccc65)c4)cc(-c4ccc5c(ccc6ccccc65)c4)c3)cc2)c1. The van der Waals surface area contributed by atoms with E-state index < -0.39 is 0 Å². The Morgan fingerprint density at radius 1 is 0.190 bits per heavy atom. The lowest BCUT2D eigenvalue weighted by molar-refractivity contribution is 1.56. The van der Waals surface area contributed by atoms with E-state index in [2.05, 4.69) is 206 Å². The van der Waals surface area contributed by atoms with Crippen LogP contribution in [0.5, 0.6) is 0 Å². The van der Waals surface area contributed by atoms with Gasteiger partial charge in [0.05, 0.1) is 1.37 Å². The number of hydrogen-bond acceptors (Lipinski definition) is 0. The molecule has 0 N–H and O–H groups in total. The third-order valence-corrected chi connectivity index (χ3v) is 11.8. The van der Waals surface area contributed by atoms with Gasteiger partial charge >= 0.3 is 0 Å². The second-order valence-corrected chi connectivity index (χ2v) is 15.3. The molecule has 0 heteroatoms. The van der Waals surface area contributed by atoms with E-state index in [1.807, 2.05) is 18.2 Å². The lowest BCUT2D eigenvalue weighted by atomic mass is 9.90. The van der Waals surface area contributed by atoms with E-state index in [4.69, 9.17) is 1.37 Å². The summed E-state index contributed by atoms with van der Waals surface area (Å²) in [5, 5.41) is 10.1. The summed E-state index contributed by atoms with van der Waals surface area (Å²) in [7, 11) is 0. The summed E-state index contributed by atoms with van der Waals surface area (Å²) in [6, 6.07) is 81.5. The molecule has 0 aromatic heterocycles. The van der Waals surface area contributed by atoms with Gasteiger partial charge in [-0.25, -0.2) is 0 Å². The molecule has 0 fully saturated rings. The van der Waals surface area contributed by atoms with Crippen molar-refractivity contribution in [3.63, 3.8) is 0 Å². The predicted molar refractivity (Wildman–Crippen MR) is 249 cm³/mol. The average Bonchev–Trinajstić information content (AvgIpc) is 3.31. The minimum atomic E-state index is 0.498. The minimum Gasteiger partial charge on any atom is -0.0622 e. The van der Waals surface area contributed by atoms with Gasteiger partial charge in [0.25, 0.3) is 0 Å². The molecule has 0 aliphatic carbocycles. The zero-order chi connectivity index (χ0) is 39.3. The number of rotatable bonds is 6. The van der Waals surface area contributed by atoms with Gasteiger partial charge in [-0.05, 0) is 146 Å². The molecule has 0 bridgehead atoms. The Morgan fingerprint density at radius 3 is 1.00 bits per heavy atom. The molecular formula is C58H38. The van der Waals surface area contributed by atoms with Gasteiger partial charge in [0.1, 0.15) is 0 Å². The van der Waals surface area contributed by atoms with Crippen LogP contribution in [0.3, 0.4) is 0 Å². The van der Waals surface area contributed by atoms with Gasteiger partial charge in [0.15, 0.2) is 0 Å². The average molecular weight is 736 g/mol. The monoisotopic (exact) mass is 735 g/mol. The number of hydrogen-bond donors (Lipinski definition) is 0. The highest BCUT2D eigenvalue weighted by atomic mass is 14.2. The van der Waals surface area contributed by atoms with Gasteiger partial charge < -0.3 is 0 Å². The first-order valence-electron chi connectivity index (χ1n) is 20.5. The maximum atomic E-state index is 8.72. The summed E-state index contributed by atoms with van der Waals surface area (Å²) >= 11 is 0. The van der Waals surface area contributed by atoms with Crippen LogP contribution in [0.4, 0.5) is 0 Å². The predicted octanol–water partition coefficient (Wildman–Crippen LogP) is 16.3.